The molecule has 0 radical (unpaired) electrons. The van der Waals surface area contributed by atoms with Gasteiger partial charge in [-0.2, -0.15) is 0 Å². The van der Waals surface area contributed by atoms with Crippen LogP contribution in [0, 0.1) is 18.3 Å². The summed E-state index contributed by atoms with van der Waals surface area (Å²) in [7, 11) is 0. The van der Waals surface area contributed by atoms with Gasteiger partial charge in [-0.05, 0) is 49.3 Å². The van der Waals surface area contributed by atoms with Gasteiger partial charge in [-0.3, -0.25) is 9.59 Å². The fraction of sp³-hybridized carbons (Fsp3) is 0.438. The average molecular weight is 518 g/mol. The summed E-state index contributed by atoms with van der Waals surface area (Å²) in [5, 5.41) is 15.2. The maximum Gasteiger partial charge on any atom is 0.244 e. The molecule has 0 spiro atoms. The minimum absolute atomic E-state index is 0.0526. The van der Waals surface area contributed by atoms with Crippen LogP contribution in [-0.4, -0.2) is 47.6 Å². The maximum absolute atomic E-state index is 14.4. The van der Waals surface area contributed by atoms with E-state index < -0.39 is 23.3 Å². The number of hydrogen-bond donors (Lipinski definition) is 3. The fourth-order valence-corrected chi connectivity index (χ4v) is 5.48. The Hall–Kier alpha value is -3.22. The molecule has 2 aromatic carbocycles. The molecule has 6 heteroatoms. The van der Waals surface area contributed by atoms with E-state index >= 15 is 0 Å². The van der Waals surface area contributed by atoms with Crippen LogP contribution in [0.4, 0.5) is 0 Å². The number of benzene rings is 2. The number of nitrogens with two attached hydrogens (primary N) is 1. The third-order valence-corrected chi connectivity index (χ3v) is 7.52. The molecule has 0 fully saturated rings. The molecule has 1 unspecified atom stereocenters. The summed E-state index contributed by atoms with van der Waals surface area (Å²) in [5.74, 6) is -1.06. The lowest BCUT2D eigenvalue weighted by atomic mass is 9.64. The monoisotopic (exact) mass is 517 g/mol. The third-order valence-electron chi connectivity index (χ3n) is 7.52. The minimum Gasteiger partial charge on any atom is -0.391 e. The van der Waals surface area contributed by atoms with Crippen molar-refractivity contribution in [2.75, 3.05) is 19.6 Å². The first-order valence-electron chi connectivity index (χ1n) is 13.8. The lowest BCUT2D eigenvalue weighted by Crippen LogP contribution is -2.54. The van der Waals surface area contributed by atoms with Crippen LogP contribution in [0.25, 0.3) is 0 Å². The Morgan fingerprint density at radius 3 is 2.34 bits per heavy atom. The summed E-state index contributed by atoms with van der Waals surface area (Å²) in [6.07, 6.45) is 6.84. The molecule has 4 N–H and O–H groups in total. The van der Waals surface area contributed by atoms with E-state index in [0.717, 1.165) is 18.4 Å². The van der Waals surface area contributed by atoms with Gasteiger partial charge in [0.1, 0.15) is 0 Å². The largest absolute Gasteiger partial charge is 0.391 e. The van der Waals surface area contributed by atoms with Crippen LogP contribution in [0.1, 0.15) is 49.8 Å². The second-order valence-corrected chi connectivity index (χ2v) is 10.3. The Morgan fingerprint density at radius 2 is 1.71 bits per heavy atom. The molecule has 0 aliphatic heterocycles. The van der Waals surface area contributed by atoms with Gasteiger partial charge in [0.05, 0.1) is 11.5 Å². The van der Waals surface area contributed by atoms with Gasteiger partial charge in [0.15, 0.2) is 0 Å². The number of nitrogens with zero attached hydrogens (tertiary/aromatic N) is 1. The molecular formula is C32H43N3O3. The van der Waals surface area contributed by atoms with E-state index in [1.807, 2.05) is 53.4 Å². The summed E-state index contributed by atoms with van der Waals surface area (Å²) in [5.41, 5.74) is 8.42. The lowest BCUT2D eigenvalue weighted by molar-refractivity contribution is -0.145. The second-order valence-electron chi connectivity index (χ2n) is 10.3. The van der Waals surface area contributed by atoms with Crippen molar-refractivity contribution in [3.8, 4) is 0 Å². The molecule has 204 valence electrons. The summed E-state index contributed by atoms with van der Waals surface area (Å²) in [6, 6.07) is 18.1. The zero-order valence-electron chi connectivity index (χ0n) is 23.0. The standard InChI is InChI=1S/C32H43N3O3/c1-4-18-35(19-5-2)31(38)32(17-11-16-26(21-32)30(33)37)28(20-25-13-7-6-8-14-25)29(36)23-34-22-27-15-10-9-12-24(27)3/h6-17,28-29,34,36H,4-5,18-23H2,1-3H3,(H2,33,37)/t28-,29+,32?/m1/s1. The van der Waals surface area contributed by atoms with Crippen LogP contribution in [0.2, 0.25) is 0 Å². The first-order chi connectivity index (χ1) is 18.3. The van der Waals surface area contributed by atoms with Gasteiger partial charge >= 0.3 is 0 Å². The number of hydrogen-bond acceptors (Lipinski definition) is 4. The molecule has 2 amide bonds. The van der Waals surface area contributed by atoms with Crippen molar-refractivity contribution in [2.24, 2.45) is 17.1 Å². The van der Waals surface area contributed by atoms with E-state index in [9.17, 15) is 14.7 Å². The smallest absolute Gasteiger partial charge is 0.244 e. The van der Waals surface area contributed by atoms with Crippen molar-refractivity contribution < 1.29 is 14.7 Å². The van der Waals surface area contributed by atoms with Crippen molar-refractivity contribution in [2.45, 2.75) is 59.1 Å². The van der Waals surface area contributed by atoms with Gasteiger partial charge in [0.25, 0.3) is 0 Å². The minimum atomic E-state index is -1.09. The second kappa shape index (κ2) is 14.1. The van der Waals surface area contributed by atoms with Crippen LogP contribution in [0.15, 0.2) is 78.4 Å². The topological polar surface area (TPSA) is 95.7 Å². The molecule has 0 bridgehead atoms. The van der Waals surface area contributed by atoms with Gasteiger partial charge in [0, 0.05) is 37.7 Å². The molecule has 38 heavy (non-hydrogen) atoms. The highest BCUT2D eigenvalue weighted by molar-refractivity contribution is 5.95. The quantitative estimate of drug-likeness (QED) is 0.348. The lowest BCUT2D eigenvalue weighted by Gasteiger charge is -2.44. The predicted octanol–water partition coefficient (Wildman–Crippen LogP) is 4.31. The zero-order valence-corrected chi connectivity index (χ0v) is 23.0. The highest BCUT2D eigenvalue weighted by Gasteiger charge is 2.49. The zero-order chi connectivity index (χ0) is 27.5. The van der Waals surface area contributed by atoms with Gasteiger partial charge in [-0.25, -0.2) is 0 Å². The molecule has 1 aliphatic rings. The van der Waals surface area contributed by atoms with Crippen LogP contribution < -0.4 is 11.1 Å². The number of aryl methyl sites for hydroxylation is 1. The van der Waals surface area contributed by atoms with E-state index in [4.69, 9.17) is 5.73 Å². The number of nitrogens with one attached hydrogen (secondary N) is 1. The highest BCUT2D eigenvalue weighted by atomic mass is 16.3. The van der Waals surface area contributed by atoms with Gasteiger partial charge < -0.3 is 21.1 Å². The summed E-state index contributed by atoms with van der Waals surface area (Å²) in [4.78, 5) is 28.6. The highest BCUT2D eigenvalue weighted by Crippen LogP contribution is 2.44. The Labute approximate surface area is 227 Å². The maximum atomic E-state index is 14.4. The summed E-state index contributed by atoms with van der Waals surface area (Å²) in [6.45, 7) is 8.35. The van der Waals surface area contributed by atoms with E-state index in [2.05, 4.69) is 38.2 Å². The van der Waals surface area contributed by atoms with Crippen molar-refractivity contribution in [1.29, 1.82) is 0 Å². The SMILES string of the molecule is CCCN(CCC)C(=O)C1([C@H](Cc2ccccc2)[C@@H](O)CNCc2ccccc2C)C=CC=C(C(N)=O)C1. The van der Waals surface area contributed by atoms with E-state index in [-0.39, 0.29) is 12.3 Å². The van der Waals surface area contributed by atoms with Crippen molar-refractivity contribution in [3.63, 3.8) is 0 Å². The Balaban J connectivity index is 1.99. The molecular weight excluding hydrogens is 474 g/mol. The van der Waals surface area contributed by atoms with Crippen molar-refractivity contribution in [1.82, 2.24) is 10.2 Å². The van der Waals surface area contributed by atoms with Gasteiger partial charge in [-0.15, -0.1) is 0 Å². The van der Waals surface area contributed by atoms with Gasteiger partial charge in [0.2, 0.25) is 11.8 Å². The number of rotatable bonds is 14. The Bertz CT molecular complexity index is 1120. The molecule has 0 heterocycles. The number of primary amides is 1. The summed E-state index contributed by atoms with van der Waals surface area (Å²) >= 11 is 0. The number of amides is 2. The first kappa shape index (κ1) is 29.3. The fourth-order valence-electron chi connectivity index (χ4n) is 5.48. The van der Waals surface area contributed by atoms with Crippen molar-refractivity contribution >= 4 is 11.8 Å². The molecule has 0 aromatic heterocycles. The van der Waals surface area contributed by atoms with Crippen LogP contribution >= 0.6 is 0 Å². The van der Waals surface area contributed by atoms with E-state index in [0.29, 0.717) is 38.2 Å². The average Bonchev–Trinajstić information content (AvgIpc) is 2.92. The van der Waals surface area contributed by atoms with Crippen molar-refractivity contribution in [3.05, 3.63) is 95.1 Å². The molecule has 0 saturated carbocycles. The van der Waals surface area contributed by atoms with Crippen LogP contribution in [0.5, 0.6) is 0 Å². The third kappa shape index (κ3) is 7.21. The van der Waals surface area contributed by atoms with E-state index in [1.54, 1.807) is 12.2 Å². The number of aliphatic hydroxyl groups is 1. The molecule has 3 atom stereocenters. The first-order valence-corrected chi connectivity index (χ1v) is 13.8. The Kier molecular flexibility index (Phi) is 10.9. The predicted molar refractivity (Wildman–Crippen MR) is 153 cm³/mol. The molecule has 3 rings (SSSR count). The van der Waals surface area contributed by atoms with Gasteiger partial charge in [-0.1, -0.05) is 86.7 Å². The molecule has 0 saturated heterocycles. The molecule has 1 aliphatic carbocycles. The number of aliphatic hydroxyl groups excluding tert-OH is 1. The van der Waals surface area contributed by atoms with Crippen LogP contribution in [-0.2, 0) is 22.6 Å². The molecule has 2 aromatic rings. The Morgan fingerprint density at radius 1 is 1.05 bits per heavy atom. The number of carbonyl (C=O) groups is 2. The van der Waals surface area contributed by atoms with Crippen LogP contribution in [0.3, 0.4) is 0 Å². The number of allylic oxidation sites excluding steroid dienone is 2. The summed E-state index contributed by atoms with van der Waals surface area (Å²) < 4.78 is 0. The molecule has 6 nitrogen and oxygen atoms in total. The normalized spacial score (nSPS) is 18.5. The van der Waals surface area contributed by atoms with E-state index in [1.165, 1.54) is 11.1 Å². The number of carbonyl (C=O) groups excluding carboxylic acids is 2.